The minimum atomic E-state index is -0.0667. The molecule has 0 aliphatic carbocycles. The number of benzene rings is 2. The van der Waals surface area contributed by atoms with Crippen molar-refractivity contribution < 1.29 is 4.79 Å². The van der Waals surface area contributed by atoms with E-state index in [4.69, 9.17) is 23.2 Å². The standard InChI is InChI=1S/C19H18Cl2N2O/c1-12(2)9-10-23-17-6-4-3-5-14(17)18(19(23)24)22-13-7-8-15(20)16(21)11-13/h3-8,11-12H,9-10H2,1-2H3. The van der Waals surface area contributed by atoms with Gasteiger partial charge >= 0.3 is 0 Å². The summed E-state index contributed by atoms with van der Waals surface area (Å²) in [6, 6.07) is 12.9. The second-order valence-electron chi connectivity index (χ2n) is 6.22. The quantitative estimate of drug-likeness (QED) is 0.707. The molecule has 5 heteroatoms. The molecule has 124 valence electrons. The van der Waals surface area contributed by atoms with E-state index in [0.29, 0.717) is 33.9 Å². The third-order valence-electron chi connectivity index (χ3n) is 3.97. The number of halogens is 2. The highest BCUT2D eigenvalue weighted by atomic mass is 35.5. The van der Waals surface area contributed by atoms with E-state index in [1.165, 1.54) is 0 Å². The lowest BCUT2D eigenvalue weighted by Gasteiger charge is -2.17. The van der Waals surface area contributed by atoms with Gasteiger partial charge in [0, 0.05) is 12.1 Å². The molecule has 24 heavy (non-hydrogen) atoms. The maximum absolute atomic E-state index is 12.9. The van der Waals surface area contributed by atoms with Gasteiger partial charge in [0.25, 0.3) is 5.91 Å². The lowest BCUT2D eigenvalue weighted by Crippen LogP contribution is -2.31. The van der Waals surface area contributed by atoms with Crippen LogP contribution in [-0.4, -0.2) is 18.2 Å². The monoisotopic (exact) mass is 360 g/mol. The summed E-state index contributed by atoms with van der Waals surface area (Å²) < 4.78 is 0. The molecule has 0 radical (unpaired) electrons. The van der Waals surface area contributed by atoms with Crippen LogP contribution in [0.15, 0.2) is 47.5 Å². The van der Waals surface area contributed by atoms with Crippen molar-refractivity contribution in [2.75, 3.05) is 11.4 Å². The predicted molar refractivity (Wildman–Crippen MR) is 101 cm³/mol. The van der Waals surface area contributed by atoms with Gasteiger partial charge in [-0.2, -0.15) is 0 Å². The average molecular weight is 361 g/mol. The van der Waals surface area contributed by atoms with E-state index in [2.05, 4.69) is 18.8 Å². The Hall–Kier alpha value is -1.84. The van der Waals surface area contributed by atoms with E-state index in [1.54, 1.807) is 18.2 Å². The van der Waals surface area contributed by atoms with Crippen molar-refractivity contribution in [1.82, 2.24) is 0 Å². The number of nitrogens with zero attached hydrogens (tertiary/aromatic N) is 2. The Balaban J connectivity index is 2.00. The largest absolute Gasteiger partial charge is 0.306 e. The number of carbonyl (C=O) groups excluding carboxylic acids is 1. The van der Waals surface area contributed by atoms with E-state index in [1.807, 2.05) is 29.2 Å². The lowest BCUT2D eigenvalue weighted by atomic mass is 10.1. The van der Waals surface area contributed by atoms with E-state index >= 15 is 0 Å². The van der Waals surface area contributed by atoms with Crippen LogP contribution in [0.3, 0.4) is 0 Å². The highest BCUT2D eigenvalue weighted by molar-refractivity contribution is 6.54. The van der Waals surface area contributed by atoms with Crippen LogP contribution in [0.1, 0.15) is 25.8 Å². The van der Waals surface area contributed by atoms with Crippen LogP contribution >= 0.6 is 23.2 Å². The summed E-state index contributed by atoms with van der Waals surface area (Å²) in [6.07, 6.45) is 0.945. The SMILES string of the molecule is CC(C)CCN1C(=O)C(=Nc2ccc(Cl)c(Cl)c2)c2ccccc21. The molecule has 3 nitrogen and oxygen atoms in total. The van der Waals surface area contributed by atoms with Crippen LogP contribution in [0.2, 0.25) is 10.0 Å². The molecule has 1 aliphatic rings. The van der Waals surface area contributed by atoms with Crippen LogP contribution in [-0.2, 0) is 4.79 Å². The van der Waals surface area contributed by atoms with Gasteiger partial charge in [-0.15, -0.1) is 0 Å². The second-order valence-corrected chi connectivity index (χ2v) is 7.03. The minimum Gasteiger partial charge on any atom is -0.306 e. The van der Waals surface area contributed by atoms with E-state index < -0.39 is 0 Å². The fourth-order valence-corrected chi connectivity index (χ4v) is 2.96. The molecule has 0 saturated carbocycles. The van der Waals surface area contributed by atoms with Crippen molar-refractivity contribution in [3.8, 4) is 0 Å². The normalized spacial score (nSPS) is 15.5. The maximum atomic E-state index is 12.9. The summed E-state index contributed by atoms with van der Waals surface area (Å²) in [5.74, 6) is 0.462. The van der Waals surface area contributed by atoms with Crippen molar-refractivity contribution in [2.24, 2.45) is 10.9 Å². The molecule has 0 bridgehead atoms. The van der Waals surface area contributed by atoms with Crippen LogP contribution < -0.4 is 4.90 Å². The van der Waals surface area contributed by atoms with Gasteiger partial charge in [-0.1, -0.05) is 55.2 Å². The summed E-state index contributed by atoms with van der Waals surface area (Å²) in [6.45, 7) is 4.99. The molecular formula is C19H18Cl2N2O. The molecule has 0 aromatic heterocycles. The Bertz CT molecular complexity index is 815. The lowest BCUT2D eigenvalue weighted by molar-refractivity contribution is -0.112. The molecule has 0 saturated heterocycles. The molecule has 0 fully saturated rings. The fraction of sp³-hybridized carbons (Fsp3) is 0.263. The summed E-state index contributed by atoms with van der Waals surface area (Å²) in [4.78, 5) is 19.2. The zero-order chi connectivity index (χ0) is 17.3. The summed E-state index contributed by atoms with van der Waals surface area (Å²) in [5, 5.41) is 0.895. The molecule has 0 unspecified atom stereocenters. The average Bonchev–Trinajstić information content (AvgIpc) is 2.81. The molecule has 0 spiro atoms. The van der Waals surface area contributed by atoms with Crippen molar-refractivity contribution in [1.29, 1.82) is 0 Å². The van der Waals surface area contributed by atoms with Crippen LogP contribution in [0.5, 0.6) is 0 Å². The van der Waals surface area contributed by atoms with Crippen molar-refractivity contribution in [3.05, 3.63) is 58.1 Å². The Labute approximate surface area is 151 Å². The molecule has 1 amide bonds. The Morgan fingerprint density at radius 3 is 2.54 bits per heavy atom. The highest BCUT2D eigenvalue weighted by Gasteiger charge is 2.33. The zero-order valence-corrected chi connectivity index (χ0v) is 15.1. The Kier molecular flexibility index (Phi) is 4.93. The van der Waals surface area contributed by atoms with Crippen LogP contribution in [0.4, 0.5) is 11.4 Å². The van der Waals surface area contributed by atoms with Crippen LogP contribution in [0.25, 0.3) is 0 Å². The minimum absolute atomic E-state index is 0.0667. The number of anilines is 1. The van der Waals surface area contributed by atoms with Gasteiger partial charge in [0.1, 0.15) is 5.71 Å². The number of aliphatic imine (C=N–C) groups is 1. The zero-order valence-electron chi connectivity index (χ0n) is 13.6. The second kappa shape index (κ2) is 6.96. The van der Waals surface area contributed by atoms with Gasteiger partial charge in [0.2, 0.25) is 0 Å². The number of carbonyl (C=O) groups is 1. The smallest absolute Gasteiger partial charge is 0.277 e. The fourth-order valence-electron chi connectivity index (χ4n) is 2.66. The molecule has 3 rings (SSSR count). The molecule has 1 aliphatic heterocycles. The van der Waals surface area contributed by atoms with Gasteiger partial charge in [-0.25, -0.2) is 4.99 Å². The molecule has 2 aromatic carbocycles. The van der Waals surface area contributed by atoms with E-state index in [0.717, 1.165) is 17.7 Å². The summed E-state index contributed by atoms with van der Waals surface area (Å²) in [7, 11) is 0. The van der Waals surface area contributed by atoms with E-state index in [-0.39, 0.29) is 5.91 Å². The molecule has 1 heterocycles. The number of rotatable bonds is 4. The Morgan fingerprint density at radius 1 is 1.08 bits per heavy atom. The first-order valence-electron chi connectivity index (χ1n) is 7.92. The first-order valence-corrected chi connectivity index (χ1v) is 8.68. The number of fused-ring (bicyclic) bond motifs is 1. The number of hydrogen-bond acceptors (Lipinski definition) is 2. The number of para-hydroxylation sites is 1. The number of amides is 1. The molecule has 0 atom stereocenters. The number of hydrogen-bond donors (Lipinski definition) is 0. The van der Waals surface area contributed by atoms with Gasteiger partial charge in [0.15, 0.2) is 0 Å². The molecule has 0 N–H and O–H groups in total. The topological polar surface area (TPSA) is 32.7 Å². The first-order chi connectivity index (χ1) is 11.5. The van der Waals surface area contributed by atoms with Crippen molar-refractivity contribution >= 4 is 46.2 Å². The van der Waals surface area contributed by atoms with Gasteiger partial charge in [-0.3, -0.25) is 4.79 Å². The van der Waals surface area contributed by atoms with Crippen molar-refractivity contribution in [3.63, 3.8) is 0 Å². The van der Waals surface area contributed by atoms with Gasteiger partial charge in [0.05, 0.1) is 21.4 Å². The summed E-state index contributed by atoms with van der Waals surface area (Å²) in [5.41, 5.74) is 2.85. The van der Waals surface area contributed by atoms with E-state index in [9.17, 15) is 4.79 Å². The maximum Gasteiger partial charge on any atom is 0.277 e. The van der Waals surface area contributed by atoms with Crippen LogP contribution in [0, 0.1) is 5.92 Å². The van der Waals surface area contributed by atoms with Crippen molar-refractivity contribution in [2.45, 2.75) is 20.3 Å². The van der Waals surface area contributed by atoms with Gasteiger partial charge < -0.3 is 4.90 Å². The molecular weight excluding hydrogens is 343 g/mol. The third-order valence-corrected chi connectivity index (χ3v) is 4.71. The predicted octanol–water partition coefficient (Wildman–Crippen LogP) is 5.51. The Morgan fingerprint density at radius 2 is 1.83 bits per heavy atom. The van der Waals surface area contributed by atoms with Gasteiger partial charge in [-0.05, 0) is 36.6 Å². The third kappa shape index (κ3) is 3.33. The summed E-state index contributed by atoms with van der Waals surface area (Å²) >= 11 is 12.0. The highest BCUT2D eigenvalue weighted by Crippen LogP contribution is 2.32. The first kappa shape index (κ1) is 17.0. The molecule has 2 aromatic rings.